The third kappa shape index (κ3) is 3.12. The van der Waals surface area contributed by atoms with Gasteiger partial charge in [-0.3, -0.25) is 0 Å². The largest absolute Gasteiger partial charge is 0.497 e. The molecule has 1 aromatic carbocycles. The molecule has 0 unspecified atom stereocenters. The number of nitrogens with zero attached hydrogens (tertiary/aromatic N) is 2. The van der Waals surface area contributed by atoms with Crippen molar-refractivity contribution in [2.45, 2.75) is 24.1 Å². The molecule has 0 saturated heterocycles. The first-order chi connectivity index (χ1) is 11.0. The molecule has 2 aromatic rings. The van der Waals surface area contributed by atoms with Crippen molar-refractivity contribution in [3.63, 3.8) is 0 Å². The zero-order valence-corrected chi connectivity index (χ0v) is 14.0. The van der Waals surface area contributed by atoms with E-state index in [0.29, 0.717) is 25.4 Å². The lowest BCUT2D eigenvalue weighted by Crippen LogP contribution is -2.36. The number of fused-ring (bicyclic) bond motifs is 1. The van der Waals surface area contributed by atoms with Gasteiger partial charge in [0.15, 0.2) is 0 Å². The fourth-order valence-corrected chi connectivity index (χ4v) is 4.19. The van der Waals surface area contributed by atoms with Gasteiger partial charge in [0.05, 0.1) is 24.7 Å². The van der Waals surface area contributed by atoms with Crippen molar-refractivity contribution in [3.8, 4) is 5.75 Å². The topological polar surface area (TPSA) is 60.8 Å². The van der Waals surface area contributed by atoms with Crippen LogP contribution in [0.25, 0.3) is 0 Å². The lowest BCUT2D eigenvalue weighted by atomic mass is 10.3. The second-order valence-corrected chi connectivity index (χ2v) is 7.42. The van der Waals surface area contributed by atoms with Crippen LogP contribution in [0.3, 0.4) is 0 Å². The normalized spacial score (nSPS) is 19.1. The maximum absolute atomic E-state index is 13.0. The van der Waals surface area contributed by atoms with Gasteiger partial charge >= 0.3 is 0 Å². The Kier molecular flexibility index (Phi) is 4.43. The molecule has 124 valence electrons. The smallest absolute Gasteiger partial charge is 0.243 e. The Balaban J connectivity index is 1.94. The second kappa shape index (κ2) is 6.35. The van der Waals surface area contributed by atoms with Crippen LogP contribution in [0.2, 0.25) is 0 Å². The van der Waals surface area contributed by atoms with Crippen molar-refractivity contribution < 1.29 is 17.9 Å². The van der Waals surface area contributed by atoms with E-state index in [9.17, 15) is 8.42 Å². The van der Waals surface area contributed by atoms with E-state index in [2.05, 4.69) is 0 Å². The van der Waals surface area contributed by atoms with Gasteiger partial charge in [-0.1, -0.05) is 0 Å². The lowest BCUT2D eigenvalue weighted by Gasteiger charge is -2.23. The highest BCUT2D eigenvalue weighted by Gasteiger charge is 2.30. The minimum atomic E-state index is -3.59. The highest BCUT2D eigenvalue weighted by Crippen LogP contribution is 2.24. The van der Waals surface area contributed by atoms with Crippen molar-refractivity contribution >= 4 is 10.0 Å². The fraction of sp³-hybridized carbons (Fsp3) is 0.375. The molecular weight excluding hydrogens is 316 g/mol. The fourth-order valence-electron chi connectivity index (χ4n) is 2.75. The van der Waals surface area contributed by atoms with Crippen LogP contribution in [-0.4, -0.2) is 44.2 Å². The molecule has 0 spiro atoms. The molecule has 0 N–H and O–H groups in total. The molecule has 0 aliphatic carbocycles. The van der Waals surface area contributed by atoms with E-state index in [4.69, 9.17) is 9.47 Å². The van der Waals surface area contributed by atoms with E-state index in [0.717, 1.165) is 5.69 Å². The van der Waals surface area contributed by atoms with E-state index >= 15 is 0 Å². The number of hydrogen-bond acceptors (Lipinski definition) is 4. The molecule has 23 heavy (non-hydrogen) atoms. The summed E-state index contributed by atoms with van der Waals surface area (Å²) in [6, 6.07) is 10.3. The molecule has 0 fully saturated rings. The van der Waals surface area contributed by atoms with Crippen molar-refractivity contribution in [1.29, 1.82) is 0 Å². The van der Waals surface area contributed by atoms with Crippen LogP contribution in [0.5, 0.6) is 5.75 Å². The molecule has 1 aromatic heterocycles. The first-order valence-electron chi connectivity index (χ1n) is 7.35. The van der Waals surface area contributed by atoms with Crippen LogP contribution in [0.15, 0.2) is 47.5 Å². The second-order valence-electron chi connectivity index (χ2n) is 5.48. The summed E-state index contributed by atoms with van der Waals surface area (Å²) in [5.41, 5.74) is 0.960. The Morgan fingerprint density at radius 1 is 1.09 bits per heavy atom. The van der Waals surface area contributed by atoms with Crippen LogP contribution >= 0.6 is 0 Å². The lowest BCUT2D eigenvalue weighted by molar-refractivity contribution is 0.0770. The molecule has 0 bridgehead atoms. The molecule has 3 rings (SSSR count). The number of benzene rings is 1. The number of hydrogen-bond donors (Lipinski definition) is 0. The van der Waals surface area contributed by atoms with Gasteiger partial charge in [-0.05, 0) is 36.4 Å². The van der Waals surface area contributed by atoms with Crippen LogP contribution in [0.1, 0.15) is 5.69 Å². The van der Waals surface area contributed by atoms with Crippen LogP contribution in [0.4, 0.5) is 0 Å². The van der Waals surface area contributed by atoms with Crippen LogP contribution in [0, 0.1) is 0 Å². The third-order valence-corrected chi connectivity index (χ3v) is 5.93. The Labute approximate surface area is 136 Å². The predicted molar refractivity (Wildman–Crippen MR) is 85.8 cm³/mol. The van der Waals surface area contributed by atoms with Gasteiger partial charge in [-0.15, -0.1) is 0 Å². The van der Waals surface area contributed by atoms with Gasteiger partial charge in [-0.25, -0.2) is 8.42 Å². The third-order valence-electron chi connectivity index (χ3n) is 4.10. The van der Waals surface area contributed by atoms with Crippen LogP contribution in [-0.2, 0) is 27.8 Å². The Hall–Kier alpha value is -1.83. The van der Waals surface area contributed by atoms with Gasteiger partial charge in [0, 0.05) is 32.1 Å². The highest BCUT2D eigenvalue weighted by molar-refractivity contribution is 7.89. The number of ether oxygens (including phenoxy) is 2. The molecule has 6 nitrogen and oxygen atoms in total. The van der Waals surface area contributed by atoms with Crippen LogP contribution < -0.4 is 4.74 Å². The molecule has 0 amide bonds. The maximum Gasteiger partial charge on any atom is 0.243 e. The minimum Gasteiger partial charge on any atom is -0.497 e. The number of rotatable bonds is 4. The molecule has 1 aliphatic rings. The van der Waals surface area contributed by atoms with E-state index in [1.807, 2.05) is 22.9 Å². The predicted octanol–water partition coefficient (Wildman–Crippen LogP) is 1.72. The van der Waals surface area contributed by atoms with Gasteiger partial charge < -0.3 is 14.0 Å². The molecule has 1 aliphatic heterocycles. The minimum absolute atomic E-state index is 0.184. The summed E-state index contributed by atoms with van der Waals surface area (Å²) in [4.78, 5) is 0.258. The maximum atomic E-state index is 13.0. The first-order valence-corrected chi connectivity index (χ1v) is 8.79. The zero-order chi connectivity index (χ0) is 16.4. The van der Waals surface area contributed by atoms with Crippen molar-refractivity contribution in [1.82, 2.24) is 8.87 Å². The van der Waals surface area contributed by atoms with E-state index in [1.165, 1.54) is 4.31 Å². The summed E-state index contributed by atoms with van der Waals surface area (Å²) >= 11 is 0. The first kappa shape index (κ1) is 16.0. The summed E-state index contributed by atoms with van der Waals surface area (Å²) in [6.07, 6.45) is 1.77. The summed E-state index contributed by atoms with van der Waals surface area (Å²) in [5.74, 6) is 0.628. The SMILES string of the molecule is COc1ccc(S(=O)(=O)N2Cc3cccn3C[C@@H](OC)C2)cc1. The molecule has 0 saturated carbocycles. The number of sulfonamides is 1. The number of methoxy groups -OCH3 is 2. The van der Waals surface area contributed by atoms with Gasteiger partial charge in [0.2, 0.25) is 10.0 Å². The summed E-state index contributed by atoms with van der Waals surface area (Å²) in [7, 11) is -0.430. The Morgan fingerprint density at radius 3 is 2.48 bits per heavy atom. The van der Waals surface area contributed by atoms with Crippen molar-refractivity contribution in [3.05, 3.63) is 48.3 Å². The van der Waals surface area contributed by atoms with E-state index in [1.54, 1.807) is 38.5 Å². The van der Waals surface area contributed by atoms with Crippen molar-refractivity contribution in [2.75, 3.05) is 20.8 Å². The molecule has 0 radical (unpaired) electrons. The molecular formula is C16H20N2O4S. The zero-order valence-electron chi connectivity index (χ0n) is 13.2. The Morgan fingerprint density at radius 2 is 1.83 bits per heavy atom. The van der Waals surface area contributed by atoms with Gasteiger partial charge in [-0.2, -0.15) is 4.31 Å². The average molecular weight is 336 g/mol. The number of aromatic nitrogens is 1. The Bertz CT molecular complexity index is 768. The summed E-state index contributed by atoms with van der Waals surface area (Å²) in [5, 5.41) is 0. The summed E-state index contributed by atoms with van der Waals surface area (Å²) < 4.78 is 40.0. The monoisotopic (exact) mass is 336 g/mol. The molecule has 7 heteroatoms. The van der Waals surface area contributed by atoms with E-state index in [-0.39, 0.29) is 11.0 Å². The van der Waals surface area contributed by atoms with Gasteiger partial charge in [0.25, 0.3) is 0 Å². The van der Waals surface area contributed by atoms with Crippen molar-refractivity contribution in [2.24, 2.45) is 0 Å². The standard InChI is InChI=1S/C16H20N2O4S/c1-21-14-5-7-16(8-6-14)23(19,20)18-10-13-4-3-9-17(13)11-15(12-18)22-2/h3-9,15H,10-12H2,1-2H3/t15-/m1/s1. The van der Waals surface area contributed by atoms with Gasteiger partial charge in [0.1, 0.15) is 5.75 Å². The van der Waals surface area contributed by atoms with E-state index < -0.39 is 10.0 Å². The molecule has 2 heterocycles. The quantitative estimate of drug-likeness (QED) is 0.853. The average Bonchev–Trinajstić information content (AvgIpc) is 2.92. The highest BCUT2D eigenvalue weighted by atomic mass is 32.2. The molecule has 1 atom stereocenters. The summed E-state index contributed by atoms with van der Waals surface area (Å²) in [6.45, 7) is 1.31.